The zero-order valence-electron chi connectivity index (χ0n) is 10.0. The number of aliphatic hydroxyl groups excluding tert-OH is 1. The summed E-state index contributed by atoms with van der Waals surface area (Å²) in [6.07, 6.45) is -0.917. The van der Waals surface area contributed by atoms with E-state index >= 15 is 0 Å². The first-order valence-electron chi connectivity index (χ1n) is 5.22. The second-order valence-electron chi connectivity index (χ2n) is 4.22. The van der Waals surface area contributed by atoms with E-state index in [1.165, 1.54) is 6.07 Å². The van der Waals surface area contributed by atoms with E-state index in [0.717, 1.165) is 12.1 Å². The van der Waals surface area contributed by atoms with Crippen LogP contribution in [-0.2, 0) is 0 Å². The molecular weight excluding hydrogens is 263 g/mol. The lowest BCUT2D eigenvalue weighted by molar-refractivity contribution is -0.386. The van der Waals surface area contributed by atoms with Crippen LogP contribution in [0.2, 0.25) is 0 Å². The summed E-state index contributed by atoms with van der Waals surface area (Å²) in [4.78, 5) is 10.1. The lowest BCUT2D eigenvalue weighted by atomic mass is 9.93. The monoisotopic (exact) mass is 278 g/mol. The van der Waals surface area contributed by atoms with Crippen LogP contribution in [-0.4, -0.2) is 16.1 Å². The van der Waals surface area contributed by atoms with E-state index in [9.17, 15) is 19.6 Å². The van der Waals surface area contributed by atoms with Crippen molar-refractivity contribution in [2.45, 2.75) is 26.0 Å². The Labute approximate surface area is 110 Å². The Morgan fingerprint density at radius 3 is 2.44 bits per heavy atom. The first-order chi connectivity index (χ1) is 7.84. The van der Waals surface area contributed by atoms with Crippen LogP contribution in [0.5, 0.6) is 0 Å². The standard InChI is InChI=1S/C11H15FN2O3.ClH/c1-6(2)11(15)10(13)8-4-3-7(12)5-9(8)14(16)17;/h3-6,10-11,15H,13H2,1-2H3;1H/t10-,11+;/m1./s1. The molecule has 2 atom stereocenters. The van der Waals surface area contributed by atoms with E-state index in [4.69, 9.17) is 5.73 Å². The molecule has 1 rings (SSSR count). The topological polar surface area (TPSA) is 89.4 Å². The van der Waals surface area contributed by atoms with Gasteiger partial charge in [-0.1, -0.05) is 13.8 Å². The van der Waals surface area contributed by atoms with Gasteiger partial charge in [-0.3, -0.25) is 10.1 Å². The van der Waals surface area contributed by atoms with Crippen molar-refractivity contribution < 1.29 is 14.4 Å². The summed E-state index contributed by atoms with van der Waals surface area (Å²) in [6.45, 7) is 3.50. The van der Waals surface area contributed by atoms with Gasteiger partial charge in [-0.2, -0.15) is 0 Å². The van der Waals surface area contributed by atoms with Crippen molar-refractivity contribution in [2.24, 2.45) is 11.7 Å². The van der Waals surface area contributed by atoms with Gasteiger partial charge in [-0.15, -0.1) is 12.4 Å². The molecule has 0 radical (unpaired) electrons. The average molecular weight is 279 g/mol. The van der Waals surface area contributed by atoms with E-state index in [-0.39, 0.29) is 23.9 Å². The van der Waals surface area contributed by atoms with E-state index in [0.29, 0.717) is 0 Å². The second kappa shape index (κ2) is 6.63. The zero-order valence-corrected chi connectivity index (χ0v) is 10.9. The zero-order chi connectivity index (χ0) is 13.2. The Balaban J connectivity index is 0.00000289. The molecule has 18 heavy (non-hydrogen) atoms. The molecule has 0 heterocycles. The number of hydrogen-bond acceptors (Lipinski definition) is 4. The first-order valence-corrected chi connectivity index (χ1v) is 5.22. The number of nitrogens with two attached hydrogens (primary N) is 1. The van der Waals surface area contributed by atoms with E-state index < -0.39 is 28.6 Å². The van der Waals surface area contributed by atoms with Crippen molar-refractivity contribution in [3.8, 4) is 0 Å². The van der Waals surface area contributed by atoms with Crippen LogP contribution in [0.15, 0.2) is 18.2 Å². The third kappa shape index (κ3) is 3.63. The minimum Gasteiger partial charge on any atom is -0.391 e. The smallest absolute Gasteiger partial charge is 0.277 e. The molecule has 1 aromatic rings. The largest absolute Gasteiger partial charge is 0.391 e. The van der Waals surface area contributed by atoms with Crippen molar-refractivity contribution in [3.05, 3.63) is 39.7 Å². The Hall–Kier alpha value is -1.24. The summed E-state index contributed by atoms with van der Waals surface area (Å²) >= 11 is 0. The van der Waals surface area contributed by atoms with Gasteiger partial charge >= 0.3 is 0 Å². The molecule has 3 N–H and O–H groups in total. The van der Waals surface area contributed by atoms with E-state index in [2.05, 4.69) is 0 Å². The minimum absolute atomic E-state index is 0. The summed E-state index contributed by atoms with van der Waals surface area (Å²) in [5.41, 5.74) is 5.48. The molecule has 0 fully saturated rings. The van der Waals surface area contributed by atoms with Gasteiger partial charge in [-0.05, 0) is 18.1 Å². The van der Waals surface area contributed by atoms with E-state index in [1.54, 1.807) is 13.8 Å². The van der Waals surface area contributed by atoms with Gasteiger partial charge in [-0.25, -0.2) is 4.39 Å². The van der Waals surface area contributed by atoms with Crippen molar-refractivity contribution in [2.75, 3.05) is 0 Å². The maximum Gasteiger partial charge on any atom is 0.277 e. The summed E-state index contributed by atoms with van der Waals surface area (Å²) in [5.74, 6) is -0.846. The van der Waals surface area contributed by atoms with Crippen LogP contribution in [0.3, 0.4) is 0 Å². The molecule has 0 aromatic heterocycles. The molecule has 0 aliphatic heterocycles. The van der Waals surface area contributed by atoms with Gasteiger partial charge in [0.05, 0.1) is 23.1 Å². The number of rotatable bonds is 4. The van der Waals surface area contributed by atoms with Gasteiger partial charge in [0, 0.05) is 5.56 Å². The Kier molecular flexibility index (Phi) is 6.17. The number of halogens is 2. The number of nitrogens with zero attached hydrogens (tertiary/aromatic N) is 1. The maximum atomic E-state index is 12.9. The number of nitro benzene ring substituents is 1. The molecule has 7 heteroatoms. The maximum absolute atomic E-state index is 12.9. The highest BCUT2D eigenvalue weighted by atomic mass is 35.5. The first kappa shape index (κ1) is 16.8. The van der Waals surface area contributed by atoms with Gasteiger partial charge in [0.1, 0.15) is 5.82 Å². The third-order valence-corrected chi connectivity index (χ3v) is 2.60. The van der Waals surface area contributed by atoms with Gasteiger partial charge < -0.3 is 10.8 Å². The molecule has 0 saturated heterocycles. The third-order valence-electron chi connectivity index (χ3n) is 2.60. The van der Waals surface area contributed by atoms with Crippen LogP contribution >= 0.6 is 12.4 Å². The van der Waals surface area contributed by atoms with Crippen LogP contribution in [0, 0.1) is 21.8 Å². The summed E-state index contributed by atoms with van der Waals surface area (Å²) in [6, 6.07) is 2.23. The summed E-state index contributed by atoms with van der Waals surface area (Å²) in [7, 11) is 0. The van der Waals surface area contributed by atoms with Crippen LogP contribution in [0.4, 0.5) is 10.1 Å². The van der Waals surface area contributed by atoms with Crippen LogP contribution in [0.1, 0.15) is 25.5 Å². The normalized spacial score (nSPS) is 13.9. The Bertz CT molecular complexity index is 429. The molecule has 1 aromatic carbocycles. The van der Waals surface area contributed by atoms with E-state index in [1.807, 2.05) is 0 Å². The lowest BCUT2D eigenvalue weighted by Gasteiger charge is -2.22. The number of nitro groups is 1. The predicted octanol–water partition coefficient (Wildman–Crippen LogP) is 2.17. The summed E-state index contributed by atoms with van der Waals surface area (Å²) < 4.78 is 12.9. The molecular formula is C11H16ClFN2O3. The number of benzene rings is 1. The fourth-order valence-electron chi connectivity index (χ4n) is 1.56. The van der Waals surface area contributed by atoms with Gasteiger partial charge in [0.15, 0.2) is 0 Å². The predicted molar refractivity (Wildman–Crippen MR) is 68.1 cm³/mol. The van der Waals surface area contributed by atoms with Crippen LogP contribution < -0.4 is 5.73 Å². The second-order valence-corrected chi connectivity index (χ2v) is 4.22. The lowest BCUT2D eigenvalue weighted by Crippen LogP contribution is -2.31. The SMILES string of the molecule is CC(C)[C@H](O)[C@H](N)c1ccc(F)cc1[N+](=O)[O-].Cl. The summed E-state index contributed by atoms with van der Waals surface area (Å²) in [5, 5.41) is 20.6. The van der Waals surface area contributed by atoms with Crippen molar-refractivity contribution in [3.63, 3.8) is 0 Å². The Morgan fingerprint density at radius 1 is 1.44 bits per heavy atom. The fraction of sp³-hybridized carbons (Fsp3) is 0.455. The highest BCUT2D eigenvalue weighted by molar-refractivity contribution is 5.85. The minimum atomic E-state index is -0.917. The average Bonchev–Trinajstić information content (AvgIpc) is 2.26. The highest BCUT2D eigenvalue weighted by Crippen LogP contribution is 2.28. The molecule has 0 bridgehead atoms. The fourth-order valence-corrected chi connectivity index (χ4v) is 1.56. The number of hydrogen-bond donors (Lipinski definition) is 2. The molecule has 0 amide bonds. The van der Waals surface area contributed by atoms with Crippen molar-refractivity contribution in [1.29, 1.82) is 0 Å². The molecule has 0 saturated carbocycles. The molecule has 102 valence electrons. The molecule has 0 unspecified atom stereocenters. The Morgan fingerprint density at radius 2 is 2.00 bits per heavy atom. The van der Waals surface area contributed by atoms with Gasteiger partial charge in [0.25, 0.3) is 5.69 Å². The van der Waals surface area contributed by atoms with Crippen molar-refractivity contribution >= 4 is 18.1 Å². The van der Waals surface area contributed by atoms with Gasteiger partial charge in [0.2, 0.25) is 0 Å². The molecule has 0 aliphatic carbocycles. The van der Waals surface area contributed by atoms with Crippen LogP contribution in [0.25, 0.3) is 0 Å². The molecule has 0 spiro atoms. The number of aliphatic hydroxyl groups is 1. The quantitative estimate of drug-likeness (QED) is 0.652. The highest BCUT2D eigenvalue weighted by Gasteiger charge is 2.27. The van der Waals surface area contributed by atoms with Crippen molar-refractivity contribution in [1.82, 2.24) is 0 Å². The molecule has 5 nitrogen and oxygen atoms in total. The molecule has 0 aliphatic rings.